The molecule has 2 rings (SSSR count). The average molecular weight is 290 g/mol. The Morgan fingerprint density at radius 2 is 2.00 bits per heavy atom. The maximum atomic E-state index is 11.7. The number of rotatable bonds is 6. The summed E-state index contributed by atoms with van der Waals surface area (Å²) in [5, 5.41) is 15.4. The zero-order valence-electron chi connectivity index (χ0n) is 10.7. The van der Waals surface area contributed by atoms with Gasteiger partial charge >= 0.3 is 0 Å². The largest absolute Gasteiger partial charge is 0.355 e. The molecule has 1 N–H and O–H groups in total. The Kier molecular flexibility index (Phi) is 4.84. The standard InChI is InChI=1S/C14H14N2O3S/c17-14(15-8-7-13-2-1-9-20-13)10-11-3-5-12(6-4-11)16(18)19/h1-6,9H,7-8,10H2,(H,15,17). The maximum absolute atomic E-state index is 11.7. The summed E-state index contributed by atoms with van der Waals surface area (Å²) in [5.41, 5.74) is 0.802. The monoisotopic (exact) mass is 290 g/mol. The van der Waals surface area contributed by atoms with Crippen LogP contribution >= 0.6 is 11.3 Å². The second kappa shape index (κ2) is 6.81. The van der Waals surface area contributed by atoms with Crippen molar-refractivity contribution in [1.29, 1.82) is 0 Å². The van der Waals surface area contributed by atoms with Crippen molar-refractivity contribution in [3.8, 4) is 0 Å². The van der Waals surface area contributed by atoms with Crippen LogP contribution in [0.3, 0.4) is 0 Å². The van der Waals surface area contributed by atoms with Gasteiger partial charge in [-0.2, -0.15) is 0 Å². The summed E-state index contributed by atoms with van der Waals surface area (Å²) in [5.74, 6) is -0.0737. The van der Waals surface area contributed by atoms with Gasteiger partial charge in [-0.05, 0) is 23.4 Å². The molecule has 0 aliphatic carbocycles. The summed E-state index contributed by atoms with van der Waals surface area (Å²) >= 11 is 1.67. The van der Waals surface area contributed by atoms with Crippen LogP contribution in [0.1, 0.15) is 10.4 Å². The summed E-state index contributed by atoms with van der Waals surface area (Å²) in [6.45, 7) is 0.604. The van der Waals surface area contributed by atoms with Crippen LogP contribution < -0.4 is 5.32 Å². The lowest BCUT2D eigenvalue weighted by atomic mass is 10.1. The molecule has 0 bridgehead atoms. The number of nitro groups is 1. The summed E-state index contributed by atoms with van der Waals surface area (Å²) in [6.07, 6.45) is 1.06. The molecular weight excluding hydrogens is 276 g/mol. The number of carbonyl (C=O) groups is 1. The van der Waals surface area contributed by atoms with E-state index in [2.05, 4.69) is 5.32 Å². The second-order valence-corrected chi connectivity index (χ2v) is 5.31. The predicted octanol–water partition coefficient (Wildman–Crippen LogP) is 2.56. The van der Waals surface area contributed by atoms with Crippen LogP contribution in [0, 0.1) is 10.1 Å². The highest BCUT2D eigenvalue weighted by atomic mass is 32.1. The van der Waals surface area contributed by atoms with E-state index >= 15 is 0 Å². The fourth-order valence-electron chi connectivity index (χ4n) is 1.76. The van der Waals surface area contributed by atoms with E-state index in [1.807, 2.05) is 17.5 Å². The van der Waals surface area contributed by atoms with Crippen LogP contribution in [0.5, 0.6) is 0 Å². The van der Waals surface area contributed by atoms with E-state index < -0.39 is 4.92 Å². The summed E-state index contributed by atoms with van der Waals surface area (Å²) in [7, 11) is 0. The van der Waals surface area contributed by atoms with Gasteiger partial charge < -0.3 is 5.32 Å². The Balaban J connectivity index is 1.77. The number of hydrogen-bond acceptors (Lipinski definition) is 4. The minimum Gasteiger partial charge on any atom is -0.355 e. The van der Waals surface area contributed by atoms with Crippen LogP contribution in [0.4, 0.5) is 5.69 Å². The van der Waals surface area contributed by atoms with Gasteiger partial charge in [-0.15, -0.1) is 11.3 Å². The van der Waals surface area contributed by atoms with Crippen molar-refractivity contribution >= 4 is 22.9 Å². The van der Waals surface area contributed by atoms with Crippen LogP contribution in [0.2, 0.25) is 0 Å². The SMILES string of the molecule is O=C(Cc1ccc([N+](=O)[O-])cc1)NCCc1cccs1. The Hall–Kier alpha value is -2.21. The number of carbonyl (C=O) groups excluding carboxylic acids is 1. The first-order chi connectivity index (χ1) is 9.65. The van der Waals surface area contributed by atoms with Crippen LogP contribution in [-0.2, 0) is 17.6 Å². The van der Waals surface area contributed by atoms with Gasteiger partial charge in [0.25, 0.3) is 5.69 Å². The molecule has 0 radical (unpaired) electrons. The average Bonchev–Trinajstić information content (AvgIpc) is 2.92. The minimum atomic E-state index is -0.453. The molecule has 2 aromatic rings. The Labute approximate surface area is 120 Å². The zero-order chi connectivity index (χ0) is 14.4. The van der Waals surface area contributed by atoms with Gasteiger partial charge in [-0.1, -0.05) is 18.2 Å². The van der Waals surface area contributed by atoms with Gasteiger partial charge in [-0.25, -0.2) is 0 Å². The highest BCUT2D eigenvalue weighted by Crippen LogP contribution is 2.12. The number of benzene rings is 1. The van der Waals surface area contributed by atoms with Crippen molar-refractivity contribution in [2.75, 3.05) is 6.54 Å². The molecule has 1 aromatic heterocycles. The van der Waals surface area contributed by atoms with Crippen molar-refractivity contribution in [3.05, 3.63) is 62.3 Å². The molecule has 0 saturated heterocycles. The molecule has 1 amide bonds. The van der Waals surface area contributed by atoms with Gasteiger partial charge in [0.05, 0.1) is 11.3 Å². The van der Waals surface area contributed by atoms with Crippen molar-refractivity contribution in [3.63, 3.8) is 0 Å². The molecule has 1 heterocycles. The number of nitrogens with one attached hydrogen (secondary N) is 1. The van der Waals surface area contributed by atoms with E-state index in [0.29, 0.717) is 6.54 Å². The highest BCUT2D eigenvalue weighted by Gasteiger charge is 2.07. The fourth-order valence-corrected chi connectivity index (χ4v) is 2.47. The molecule has 1 aromatic carbocycles. The smallest absolute Gasteiger partial charge is 0.269 e. The van der Waals surface area contributed by atoms with E-state index in [4.69, 9.17) is 0 Å². The van der Waals surface area contributed by atoms with Crippen LogP contribution in [-0.4, -0.2) is 17.4 Å². The third-order valence-electron chi connectivity index (χ3n) is 2.79. The van der Waals surface area contributed by atoms with E-state index in [0.717, 1.165) is 12.0 Å². The second-order valence-electron chi connectivity index (χ2n) is 4.28. The molecule has 0 spiro atoms. The number of non-ortho nitro benzene ring substituents is 1. The first-order valence-corrected chi connectivity index (χ1v) is 7.05. The number of amides is 1. The fraction of sp³-hybridized carbons (Fsp3) is 0.214. The lowest BCUT2D eigenvalue weighted by Gasteiger charge is -2.04. The number of nitrogens with zero attached hydrogens (tertiary/aromatic N) is 1. The first kappa shape index (κ1) is 14.2. The Morgan fingerprint density at radius 1 is 1.25 bits per heavy atom. The molecule has 0 aliphatic rings. The molecule has 0 saturated carbocycles. The lowest BCUT2D eigenvalue weighted by Crippen LogP contribution is -2.27. The molecule has 0 atom stereocenters. The van der Waals surface area contributed by atoms with E-state index in [1.54, 1.807) is 23.5 Å². The van der Waals surface area contributed by atoms with Crippen molar-refractivity contribution < 1.29 is 9.72 Å². The van der Waals surface area contributed by atoms with Gasteiger partial charge in [-0.3, -0.25) is 14.9 Å². The van der Waals surface area contributed by atoms with E-state index in [9.17, 15) is 14.9 Å². The van der Waals surface area contributed by atoms with Crippen molar-refractivity contribution in [1.82, 2.24) is 5.32 Å². The molecule has 0 unspecified atom stereocenters. The maximum Gasteiger partial charge on any atom is 0.269 e. The van der Waals surface area contributed by atoms with Crippen molar-refractivity contribution in [2.24, 2.45) is 0 Å². The zero-order valence-corrected chi connectivity index (χ0v) is 11.6. The molecule has 104 valence electrons. The predicted molar refractivity (Wildman–Crippen MR) is 77.8 cm³/mol. The Morgan fingerprint density at radius 3 is 2.60 bits per heavy atom. The van der Waals surface area contributed by atoms with Crippen LogP contribution in [0.25, 0.3) is 0 Å². The van der Waals surface area contributed by atoms with Crippen molar-refractivity contribution in [2.45, 2.75) is 12.8 Å². The molecule has 0 aliphatic heterocycles. The topological polar surface area (TPSA) is 72.2 Å². The molecule has 0 fully saturated rings. The van der Waals surface area contributed by atoms with Gasteiger partial charge in [0.2, 0.25) is 5.91 Å². The normalized spacial score (nSPS) is 10.2. The minimum absolute atomic E-state index is 0.0341. The quantitative estimate of drug-likeness (QED) is 0.656. The number of nitro benzene ring substituents is 1. The number of thiophene rings is 1. The highest BCUT2D eigenvalue weighted by molar-refractivity contribution is 7.09. The third kappa shape index (κ3) is 4.17. The van der Waals surface area contributed by atoms with Crippen LogP contribution in [0.15, 0.2) is 41.8 Å². The molecule has 20 heavy (non-hydrogen) atoms. The van der Waals surface area contributed by atoms with Gasteiger partial charge in [0.15, 0.2) is 0 Å². The lowest BCUT2D eigenvalue weighted by molar-refractivity contribution is -0.384. The van der Waals surface area contributed by atoms with Gasteiger partial charge in [0, 0.05) is 23.6 Å². The Bertz CT molecular complexity index is 579. The van der Waals surface area contributed by atoms with E-state index in [1.165, 1.54) is 17.0 Å². The first-order valence-electron chi connectivity index (χ1n) is 6.17. The van der Waals surface area contributed by atoms with Gasteiger partial charge in [0.1, 0.15) is 0 Å². The van der Waals surface area contributed by atoms with E-state index in [-0.39, 0.29) is 18.0 Å². The molecule has 6 heteroatoms. The number of hydrogen-bond donors (Lipinski definition) is 1. The molecular formula is C14H14N2O3S. The summed E-state index contributed by atoms with van der Waals surface area (Å²) in [6, 6.07) is 10.1. The summed E-state index contributed by atoms with van der Waals surface area (Å²) < 4.78 is 0. The summed E-state index contributed by atoms with van der Waals surface area (Å²) in [4.78, 5) is 23.0. The third-order valence-corrected chi connectivity index (χ3v) is 3.72. The molecule has 5 nitrogen and oxygen atoms in total.